The summed E-state index contributed by atoms with van der Waals surface area (Å²) in [7, 11) is 0. The molecular weight excluding hydrogens is 1680 g/mol. The van der Waals surface area contributed by atoms with Crippen LogP contribution in [0.3, 0.4) is 0 Å². The molecule has 0 aromatic heterocycles. The fourth-order valence-corrected chi connectivity index (χ4v) is 17.1. The number of fused-ring (bicyclic) bond motifs is 1. The SMILES string of the molecule is CCC1OC(OC2C(CC)OC(OC3C(O)C(NC(=O)OCc4ccccc4)CC(NC(=O)OCc4ccccc4)C3OC3OC4COC(c5ccccc5)OC4C(O)C3C)C2O)C(NC(=O)OCc2ccccc2)C(O)C1O.NC1CC(N)C(OC2OC(CO)C(O)C(O)C2N)C(OC2OC(CO)C(OC3OC(N)C(O)C(O)C3N)C2OCCc2ccccc2)C1O. The molecule has 7 heterocycles. The van der Waals surface area contributed by atoms with E-state index in [-0.39, 0.29) is 58.7 Å². The van der Waals surface area contributed by atoms with Gasteiger partial charge in [-0.25, -0.2) is 14.4 Å². The van der Waals surface area contributed by atoms with Gasteiger partial charge in [0.05, 0.1) is 75.0 Å². The third-order valence-electron chi connectivity index (χ3n) is 24.5. The van der Waals surface area contributed by atoms with Crippen molar-refractivity contribution in [2.24, 2.45) is 34.6 Å². The summed E-state index contributed by atoms with van der Waals surface area (Å²) in [5, 5.41) is 140. The average Bonchev–Trinajstić information content (AvgIpc) is 1.58. The highest BCUT2D eigenvalue weighted by Crippen LogP contribution is 2.42. The van der Waals surface area contributed by atoms with Gasteiger partial charge in [-0.1, -0.05) is 172 Å². The van der Waals surface area contributed by atoms with Crippen LogP contribution >= 0.6 is 0 Å². The Kier molecular flexibility index (Phi) is 35.2. The van der Waals surface area contributed by atoms with Crippen molar-refractivity contribution in [1.29, 1.82) is 0 Å². The standard InChI is InChI=1S/C57H71N3O19.C30H51N5O14/c1-4-38-44(63)45(64)41(60-57(68)72-29-34-22-14-8-15-23-34)53(73-38)78-48-39(5-2)74-54(46(48)65)79-50-43(62)36(58-55(66)70-27-32-18-10-6-11-19-32)26-37(59-56(67)71-28-33-20-12-7-13-21-33)47(50)76-51-31(3)42(61)49-40(75-51)30-69-52(77-49)35-24-16-9-17-25-35;31-12-8-13(32)23(46-28-16(33)20(40)19(39)14(9-36)44-28)25(18(12)38)48-30-26(43-7-6-11-4-2-1-3-5-11)24(15(10-37)45-30)47-29-17(34)21(41)22(42)27(35)49-29/h6-25,31,36-54,61-65H,4-5,26-30H2,1-3H3,(H,58,66)(H,59,67)(H,60,68);1-5,12-30,36-42H,6-10,31-35H2. The molecule has 9 aliphatic rings. The van der Waals surface area contributed by atoms with Crippen LogP contribution in [-0.4, -0.2) is 333 Å². The lowest BCUT2D eigenvalue weighted by molar-refractivity contribution is -0.366. The summed E-state index contributed by atoms with van der Waals surface area (Å²) in [5.74, 6) is -0.813. The Labute approximate surface area is 738 Å². The molecule has 5 aromatic rings. The first kappa shape index (κ1) is 98.1. The molecule has 39 unspecified atom stereocenters. The first-order chi connectivity index (χ1) is 61.6. The molecule has 25 N–H and O–H groups in total. The van der Waals surface area contributed by atoms with Crippen LogP contribution in [0.1, 0.15) is 80.6 Å². The molecule has 128 heavy (non-hydrogen) atoms. The number of alkyl carbamates (subject to hydrolysis) is 3. The highest BCUT2D eigenvalue weighted by Gasteiger charge is 2.60. The number of carbonyl (C=O) groups excluding carboxylic acids is 3. The second-order valence-electron chi connectivity index (χ2n) is 33.3. The van der Waals surface area contributed by atoms with E-state index in [1.807, 2.05) is 78.9 Å². The number of carbonyl (C=O) groups is 3. The number of hydrogen-bond acceptors (Lipinski definition) is 38. The van der Waals surface area contributed by atoms with Gasteiger partial charge in [0, 0.05) is 23.6 Å². The van der Waals surface area contributed by atoms with Gasteiger partial charge in [-0.3, -0.25) is 0 Å². The molecule has 3 amide bonds. The van der Waals surface area contributed by atoms with Gasteiger partial charge in [-0.05, 0) is 54.4 Å². The molecule has 41 nitrogen and oxygen atoms in total. The van der Waals surface area contributed by atoms with Gasteiger partial charge in [-0.2, -0.15) is 0 Å². The Morgan fingerprint density at radius 3 is 1.44 bits per heavy atom. The highest BCUT2D eigenvalue weighted by molar-refractivity contribution is 5.69. The molecule has 708 valence electrons. The summed E-state index contributed by atoms with van der Waals surface area (Å²) >= 11 is 0. The van der Waals surface area contributed by atoms with E-state index >= 15 is 0 Å². The number of rotatable bonds is 30. The summed E-state index contributed by atoms with van der Waals surface area (Å²) in [4.78, 5) is 40.7. The quantitative estimate of drug-likeness (QED) is 0.0209. The fraction of sp³-hybridized carbons (Fsp3) is 0.621. The first-order valence-electron chi connectivity index (χ1n) is 43.2. The van der Waals surface area contributed by atoms with Crippen molar-refractivity contribution in [2.75, 3.05) is 26.4 Å². The van der Waals surface area contributed by atoms with Crippen LogP contribution < -0.4 is 44.6 Å². The van der Waals surface area contributed by atoms with Crippen LogP contribution in [-0.2, 0) is 112 Å². The minimum absolute atomic E-state index is 0.00147. The van der Waals surface area contributed by atoms with E-state index in [0.29, 0.717) is 23.1 Å². The van der Waals surface area contributed by atoms with E-state index in [1.54, 1.807) is 93.6 Å². The minimum atomic E-state index is -1.69. The number of nitrogens with one attached hydrogen (secondary N) is 3. The van der Waals surface area contributed by atoms with Gasteiger partial charge >= 0.3 is 18.3 Å². The predicted molar refractivity (Wildman–Crippen MR) is 441 cm³/mol. The molecule has 14 rings (SSSR count). The Hall–Kier alpha value is -7.37. The second kappa shape index (κ2) is 45.8. The number of amides is 3. The first-order valence-corrected chi connectivity index (χ1v) is 43.2. The molecule has 2 saturated carbocycles. The zero-order valence-electron chi connectivity index (χ0n) is 70.8. The van der Waals surface area contributed by atoms with E-state index in [4.69, 9.17) is 114 Å². The van der Waals surface area contributed by atoms with Gasteiger partial charge in [0.2, 0.25) is 0 Å². The molecule has 2 aliphatic carbocycles. The zero-order chi connectivity index (χ0) is 91.1. The molecule has 7 aliphatic heterocycles. The van der Waals surface area contributed by atoms with Crippen molar-refractivity contribution in [3.05, 3.63) is 179 Å². The lowest BCUT2D eigenvalue weighted by Gasteiger charge is -2.50. The molecule has 41 heteroatoms. The Morgan fingerprint density at radius 1 is 0.391 bits per heavy atom. The van der Waals surface area contributed by atoms with Crippen LogP contribution in [0.5, 0.6) is 0 Å². The van der Waals surface area contributed by atoms with Crippen LogP contribution in [0.4, 0.5) is 14.4 Å². The van der Waals surface area contributed by atoms with Crippen LogP contribution in [0.25, 0.3) is 0 Å². The van der Waals surface area contributed by atoms with E-state index in [0.717, 1.165) is 11.1 Å². The Balaban J connectivity index is 0.000000245. The van der Waals surface area contributed by atoms with Gasteiger partial charge < -0.3 is 191 Å². The van der Waals surface area contributed by atoms with Crippen molar-refractivity contribution in [3.63, 3.8) is 0 Å². The van der Waals surface area contributed by atoms with Gasteiger partial charge in [0.1, 0.15) is 148 Å². The zero-order valence-corrected chi connectivity index (χ0v) is 70.8. The van der Waals surface area contributed by atoms with Crippen LogP contribution in [0.15, 0.2) is 152 Å². The summed E-state index contributed by atoms with van der Waals surface area (Å²) in [6, 6.07) is 37.5. The second-order valence-corrected chi connectivity index (χ2v) is 33.3. The number of hydrogen-bond donors (Lipinski definition) is 20. The Bertz CT molecular complexity index is 4190. The topological polar surface area (TPSA) is 626 Å². The van der Waals surface area contributed by atoms with Crippen molar-refractivity contribution in [1.82, 2.24) is 16.0 Å². The van der Waals surface area contributed by atoms with E-state index in [1.165, 1.54) is 0 Å². The van der Waals surface area contributed by atoms with Crippen molar-refractivity contribution < 1.29 is 161 Å². The third kappa shape index (κ3) is 23.8. The van der Waals surface area contributed by atoms with Crippen molar-refractivity contribution >= 4 is 18.3 Å². The number of ether oxygens (including phenoxy) is 18. The number of aliphatic hydroxyl groups excluding tert-OH is 12. The van der Waals surface area contributed by atoms with E-state index in [2.05, 4.69) is 16.0 Å². The highest BCUT2D eigenvalue weighted by atomic mass is 16.8. The fourth-order valence-electron chi connectivity index (χ4n) is 17.1. The van der Waals surface area contributed by atoms with E-state index in [9.17, 15) is 75.7 Å². The Morgan fingerprint density at radius 2 is 0.859 bits per heavy atom. The minimum Gasteiger partial charge on any atom is -0.445 e. The van der Waals surface area contributed by atoms with Gasteiger partial charge in [0.15, 0.2) is 44.0 Å². The summed E-state index contributed by atoms with van der Waals surface area (Å²) in [6.07, 6.45) is -42.6. The molecule has 9 fully saturated rings. The summed E-state index contributed by atoms with van der Waals surface area (Å²) in [5.41, 5.74) is 34.5. The molecule has 7 saturated heterocycles. The maximum absolute atomic E-state index is 13.9. The molecule has 39 atom stereocenters. The number of aliphatic hydroxyl groups is 12. The summed E-state index contributed by atoms with van der Waals surface area (Å²) in [6.45, 7) is 3.72. The van der Waals surface area contributed by atoms with Crippen LogP contribution in [0, 0.1) is 5.92 Å². The molecular formula is C87H122N8O33. The largest absolute Gasteiger partial charge is 0.445 e. The lowest BCUT2D eigenvalue weighted by Crippen LogP contribution is -2.68. The maximum Gasteiger partial charge on any atom is 0.407 e. The normalized spacial score (nSPS) is 40.0. The number of benzene rings is 5. The molecule has 0 spiro atoms. The molecule has 5 aromatic carbocycles. The van der Waals surface area contributed by atoms with Crippen molar-refractivity contribution in [3.8, 4) is 0 Å². The van der Waals surface area contributed by atoms with E-state index < -0.39 is 270 Å². The average molecular weight is 1810 g/mol. The monoisotopic (exact) mass is 1810 g/mol. The smallest absolute Gasteiger partial charge is 0.407 e. The molecule has 0 bridgehead atoms. The third-order valence-corrected chi connectivity index (χ3v) is 24.5. The van der Waals surface area contributed by atoms with Gasteiger partial charge in [0.25, 0.3) is 0 Å². The van der Waals surface area contributed by atoms with Gasteiger partial charge in [-0.15, -0.1) is 0 Å². The maximum atomic E-state index is 13.9. The van der Waals surface area contributed by atoms with Crippen molar-refractivity contribution in [2.45, 2.75) is 306 Å². The van der Waals surface area contributed by atoms with Crippen LogP contribution in [0.2, 0.25) is 0 Å². The summed E-state index contributed by atoms with van der Waals surface area (Å²) < 4.78 is 110. The number of nitrogens with two attached hydrogens (primary N) is 5. The predicted octanol–water partition coefficient (Wildman–Crippen LogP) is -2.66. The molecule has 0 radical (unpaired) electrons. The lowest BCUT2D eigenvalue weighted by atomic mass is 9.83.